The Morgan fingerprint density at radius 1 is 1.17 bits per heavy atom. The molecule has 2 heterocycles. The zero-order valence-electron chi connectivity index (χ0n) is 17.3. The Morgan fingerprint density at radius 2 is 2.03 bits per heavy atom. The topological polar surface area (TPSA) is 73.3 Å². The number of fused-ring (bicyclic) bond motifs is 1. The number of ether oxygens (including phenoxy) is 4. The van der Waals surface area contributed by atoms with Gasteiger partial charge in [0, 0.05) is 38.6 Å². The van der Waals surface area contributed by atoms with Gasteiger partial charge in [-0.25, -0.2) is 4.99 Å². The summed E-state index contributed by atoms with van der Waals surface area (Å²) in [5, 5.41) is 6.66. The van der Waals surface area contributed by atoms with E-state index in [1.807, 2.05) is 18.2 Å². The van der Waals surface area contributed by atoms with Crippen LogP contribution in [0, 0.1) is 5.92 Å². The van der Waals surface area contributed by atoms with Crippen molar-refractivity contribution in [3.8, 4) is 11.5 Å². The second-order valence-corrected chi connectivity index (χ2v) is 7.11. The first-order valence-electron chi connectivity index (χ1n) is 10.4. The van der Waals surface area contributed by atoms with Gasteiger partial charge < -0.3 is 29.6 Å². The van der Waals surface area contributed by atoms with Crippen molar-refractivity contribution in [2.24, 2.45) is 10.9 Å². The Kier molecular flexibility index (Phi) is 11.5. The molecule has 164 valence electrons. The summed E-state index contributed by atoms with van der Waals surface area (Å²) in [4.78, 5) is 4.68. The summed E-state index contributed by atoms with van der Waals surface area (Å²) in [5.41, 5.74) is 1.10. The Morgan fingerprint density at radius 3 is 2.83 bits per heavy atom. The molecule has 1 fully saturated rings. The largest absolute Gasteiger partial charge is 0.490 e. The Balaban J connectivity index is 0.00000300. The minimum Gasteiger partial charge on any atom is -0.490 e. The van der Waals surface area contributed by atoms with Crippen LogP contribution in [0.15, 0.2) is 23.2 Å². The molecule has 1 aromatic rings. The normalized spacial score (nSPS) is 18.7. The zero-order valence-corrected chi connectivity index (χ0v) is 19.6. The molecule has 0 aliphatic carbocycles. The molecule has 8 heteroatoms. The fraction of sp³-hybridized carbons (Fsp3) is 0.667. The van der Waals surface area contributed by atoms with Crippen LogP contribution >= 0.6 is 24.0 Å². The minimum atomic E-state index is 0. The molecule has 1 saturated heterocycles. The molecule has 29 heavy (non-hydrogen) atoms. The van der Waals surface area contributed by atoms with Crippen LogP contribution in [0.3, 0.4) is 0 Å². The second-order valence-electron chi connectivity index (χ2n) is 7.11. The van der Waals surface area contributed by atoms with Gasteiger partial charge in [0.15, 0.2) is 17.5 Å². The predicted molar refractivity (Wildman–Crippen MR) is 125 cm³/mol. The van der Waals surface area contributed by atoms with Gasteiger partial charge in [0.1, 0.15) is 0 Å². The fourth-order valence-corrected chi connectivity index (χ4v) is 3.16. The molecule has 0 spiro atoms. The fourth-order valence-electron chi connectivity index (χ4n) is 3.16. The summed E-state index contributed by atoms with van der Waals surface area (Å²) in [6.45, 7) is 8.98. The van der Waals surface area contributed by atoms with Gasteiger partial charge in [0.2, 0.25) is 0 Å². The predicted octanol–water partition coefficient (Wildman–Crippen LogP) is 2.96. The van der Waals surface area contributed by atoms with E-state index in [0.29, 0.717) is 25.7 Å². The average Bonchev–Trinajstić information content (AvgIpc) is 3.12. The molecule has 2 N–H and O–H groups in total. The van der Waals surface area contributed by atoms with Gasteiger partial charge in [0.25, 0.3) is 0 Å². The number of aliphatic imine (C=N–C) groups is 1. The molecule has 0 amide bonds. The van der Waals surface area contributed by atoms with Gasteiger partial charge in [-0.15, -0.1) is 24.0 Å². The number of hydrogen-bond acceptors (Lipinski definition) is 5. The minimum absolute atomic E-state index is 0. The quantitative estimate of drug-likeness (QED) is 0.226. The number of rotatable bonds is 9. The summed E-state index contributed by atoms with van der Waals surface area (Å²) < 4.78 is 22.5. The molecule has 0 aromatic heterocycles. The van der Waals surface area contributed by atoms with E-state index in [4.69, 9.17) is 18.9 Å². The van der Waals surface area contributed by atoms with Crippen LogP contribution < -0.4 is 20.1 Å². The Bertz CT molecular complexity index is 624. The van der Waals surface area contributed by atoms with E-state index in [0.717, 1.165) is 81.8 Å². The maximum atomic E-state index is 5.76. The molecule has 3 rings (SSSR count). The van der Waals surface area contributed by atoms with Crippen LogP contribution in [0.1, 0.15) is 31.7 Å². The Hall–Kier alpha value is -1.26. The molecule has 2 aliphatic heterocycles. The van der Waals surface area contributed by atoms with Crippen LogP contribution in [0.4, 0.5) is 0 Å². The highest BCUT2D eigenvalue weighted by Gasteiger charge is 2.15. The summed E-state index contributed by atoms with van der Waals surface area (Å²) >= 11 is 0. The van der Waals surface area contributed by atoms with Crippen molar-refractivity contribution < 1.29 is 18.9 Å². The van der Waals surface area contributed by atoms with Crippen LogP contribution in [-0.4, -0.2) is 58.7 Å². The number of guanidine groups is 1. The number of benzene rings is 1. The number of hydrogen-bond donors (Lipinski definition) is 2. The first kappa shape index (κ1) is 24.0. The Labute approximate surface area is 190 Å². The summed E-state index contributed by atoms with van der Waals surface area (Å²) in [6, 6.07) is 6.04. The maximum absolute atomic E-state index is 5.76. The van der Waals surface area contributed by atoms with Crippen molar-refractivity contribution in [2.75, 3.05) is 52.7 Å². The lowest BCUT2D eigenvalue weighted by atomic mass is 10.1. The maximum Gasteiger partial charge on any atom is 0.191 e. The van der Waals surface area contributed by atoms with Gasteiger partial charge in [-0.1, -0.05) is 6.07 Å². The van der Waals surface area contributed by atoms with E-state index < -0.39 is 0 Å². The van der Waals surface area contributed by atoms with Gasteiger partial charge in [-0.3, -0.25) is 0 Å². The van der Waals surface area contributed by atoms with E-state index in [9.17, 15) is 0 Å². The van der Waals surface area contributed by atoms with Gasteiger partial charge in [-0.2, -0.15) is 0 Å². The molecule has 2 aliphatic rings. The average molecular weight is 519 g/mol. The smallest absolute Gasteiger partial charge is 0.191 e. The highest BCUT2D eigenvalue weighted by atomic mass is 127. The van der Waals surface area contributed by atoms with Gasteiger partial charge in [0.05, 0.1) is 33.0 Å². The molecule has 1 aromatic carbocycles. The van der Waals surface area contributed by atoms with E-state index in [2.05, 4.69) is 22.5 Å². The van der Waals surface area contributed by atoms with Gasteiger partial charge >= 0.3 is 0 Å². The lowest BCUT2D eigenvalue weighted by Gasteiger charge is -2.13. The second kappa shape index (κ2) is 13.9. The molecule has 0 bridgehead atoms. The van der Waals surface area contributed by atoms with Crippen molar-refractivity contribution in [3.63, 3.8) is 0 Å². The molecular weight excluding hydrogens is 485 g/mol. The van der Waals surface area contributed by atoms with Gasteiger partial charge in [-0.05, 0) is 37.5 Å². The third-order valence-corrected chi connectivity index (χ3v) is 4.71. The third-order valence-electron chi connectivity index (χ3n) is 4.71. The summed E-state index contributed by atoms with van der Waals surface area (Å²) in [5.74, 6) is 3.02. The molecule has 0 radical (unpaired) electrons. The monoisotopic (exact) mass is 519 g/mol. The first-order valence-corrected chi connectivity index (χ1v) is 10.4. The van der Waals surface area contributed by atoms with Crippen molar-refractivity contribution in [1.29, 1.82) is 0 Å². The molecule has 0 saturated carbocycles. The van der Waals surface area contributed by atoms with Crippen molar-refractivity contribution in [1.82, 2.24) is 10.6 Å². The zero-order chi connectivity index (χ0) is 19.4. The summed E-state index contributed by atoms with van der Waals surface area (Å²) in [6.07, 6.45) is 2.98. The first-order chi connectivity index (χ1) is 13.8. The molecular formula is C21H34IN3O4. The SMILES string of the molecule is CCNC(=NCc1ccc2c(c1)OCCCO2)NCCCOCC1CCOC1.I. The molecule has 1 unspecified atom stereocenters. The van der Waals surface area contributed by atoms with Crippen molar-refractivity contribution in [3.05, 3.63) is 23.8 Å². The third kappa shape index (κ3) is 8.55. The van der Waals surface area contributed by atoms with Crippen molar-refractivity contribution >= 4 is 29.9 Å². The van der Waals surface area contributed by atoms with E-state index in [1.54, 1.807) is 0 Å². The number of nitrogens with zero attached hydrogens (tertiary/aromatic N) is 1. The van der Waals surface area contributed by atoms with E-state index in [1.165, 1.54) is 0 Å². The summed E-state index contributed by atoms with van der Waals surface area (Å²) in [7, 11) is 0. The standard InChI is InChI=1S/C21H33N3O4.HI/c1-2-22-21(23-8-3-9-25-15-18-7-12-26-16-18)24-14-17-5-6-19-20(13-17)28-11-4-10-27-19;/h5-6,13,18H,2-4,7-12,14-16H2,1H3,(H2,22,23,24);1H. The number of halogens is 1. The highest BCUT2D eigenvalue weighted by Crippen LogP contribution is 2.30. The van der Waals surface area contributed by atoms with E-state index in [-0.39, 0.29) is 24.0 Å². The van der Waals surface area contributed by atoms with E-state index >= 15 is 0 Å². The lowest BCUT2D eigenvalue weighted by Crippen LogP contribution is -2.38. The molecule has 1 atom stereocenters. The van der Waals surface area contributed by atoms with Crippen LogP contribution in [0.25, 0.3) is 0 Å². The lowest BCUT2D eigenvalue weighted by molar-refractivity contribution is 0.0888. The van der Waals surface area contributed by atoms with Crippen LogP contribution in [0.2, 0.25) is 0 Å². The number of nitrogens with one attached hydrogen (secondary N) is 2. The van der Waals surface area contributed by atoms with Crippen molar-refractivity contribution in [2.45, 2.75) is 32.7 Å². The molecule has 7 nitrogen and oxygen atoms in total. The van der Waals surface area contributed by atoms with Crippen LogP contribution in [-0.2, 0) is 16.0 Å². The highest BCUT2D eigenvalue weighted by molar-refractivity contribution is 14.0. The van der Waals surface area contributed by atoms with Crippen LogP contribution in [0.5, 0.6) is 11.5 Å².